The molecule has 0 bridgehead atoms. The van der Waals surface area contributed by atoms with E-state index in [1.807, 2.05) is 18.5 Å². The molecule has 2 rings (SSSR count). The van der Waals surface area contributed by atoms with Crippen molar-refractivity contribution in [3.8, 4) is 0 Å². The van der Waals surface area contributed by atoms with E-state index in [9.17, 15) is 0 Å². The third kappa shape index (κ3) is 2.26. The molecule has 1 aromatic heterocycles. The van der Waals surface area contributed by atoms with Crippen LogP contribution in [0.15, 0.2) is 53.3 Å². The quantitative estimate of drug-likeness (QED) is 0.797. The Bertz CT molecular complexity index is 439. The number of pyridine rings is 1. The highest BCUT2D eigenvalue weighted by atomic mass is 79.9. The first kappa shape index (κ1) is 10.4. The van der Waals surface area contributed by atoms with Crippen molar-refractivity contribution >= 4 is 15.9 Å². The first-order valence-electron chi connectivity index (χ1n) is 4.93. The molecule has 0 saturated carbocycles. The topological polar surface area (TPSA) is 12.9 Å². The molecule has 2 heteroatoms. The number of hydrogen-bond acceptors (Lipinski definition) is 1. The van der Waals surface area contributed by atoms with Gasteiger partial charge in [-0.3, -0.25) is 4.98 Å². The minimum absolute atomic E-state index is 0.392. The first-order valence-corrected chi connectivity index (χ1v) is 5.72. The van der Waals surface area contributed by atoms with Crippen LogP contribution in [-0.2, 0) is 0 Å². The lowest BCUT2D eigenvalue weighted by Crippen LogP contribution is -1.97. The highest BCUT2D eigenvalue weighted by molar-refractivity contribution is 9.10. The summed E-state index contributed by atoms with van der Waals surface area (Å²) in [5, 5.41) is 0. The van der Waals surface area contributed by atoms with Gasteiger partial charge in [-0.25, -0.2) is 0 Å². The number of hydrogen-bond donors (Lipinski definition) is 0. The van der Waals surface area contributed by atoms with Crippen molar-refractivity contribution in [2.75, 3.05) is 0 Å². The van der Waals surface area contributed by atoms with Gasteiger partial charge >= 0.3 is 0 Å². The second kappa shape index (κ2) is 4.58. The highest BCUT2D eigenvalue weighted by Crippen LogP contribution is 2.28. The normalized spacial score (nSPS) is 12.4. The van der Waals surface area contributed by atoms with Crippen molar-refractivity contribution in [2.24, 2.45) is 0 Å². The molecule has 0 N–H and O–H groups in total. The van der Waals surface area contributed by atoms with Gasteiger partial charge in [0.05, 0.1) is 0 Å². The van der Waals surface area contributed by atoms with Crippen LogP contribution < -0.4 is 0 Å². The molecule has 1 unspecified atom stereocenters. The summed E-state index contributed by atoms with van der Waals surface area (Å²) in [4.78, 5) is 4.07. The Balaban J connectivity index is 2.37. The summed E-state index contributed by atoms with van der Waals surface area (Å²) in [6.45, 7) is 2.20. The molecular formula is C13H12BrN. The van der Waals surface area contributed by atoms with E-state index in [4.69, 9.17) is 0 Å². The summed E-state index contributed by atoms with van der Waals surface area (Å²) < 4.78 is 1.07. The number of rotatable bonds is 2. The first-order chi connectivity index (χ1) is 7.29. The summed E-state index contributed by atoms with van der Waals surface area (Å²) in [5.74, 6) is 0.392. The van der Waals surface area contributed by atoms with Crippen LogP contribution in [0, 0.1) is 0 Å². The molecule has 0 amide bonds. The van der Waals surface area contributed by atoms with Crippen molar-refractivity contribution in [3.63, 3.8) is 0 Å². The van der Waals surface area contributed by atoms with E-state index in [0.29, 0.717) is 5.92 Å². The lowest BCUT2D eigenvalue weighted by molar-refractivity contribution is 0.910. The predicted octanol–water partition coefficient (Wildman–Crippen LogP) is 4.00. The van der Waals surface area contributed by atoms with Gasteiger partial charge in [-0.15, -0.1) is 0 Å². The summed E-state index contributed by atoms with van der Waals surface area (Å²) in [7, 11) is 0. The van der Waals surface area contributed by atoms with Crippen LogP contribution in [0.1, 0.15) is 24.0 Å². The van der Waals surface area contributed by atoms with Gasteiger partial charge in [-0.05, 0) is 33.1 Å². The molecule has 1 heterocycles. The Morgan fingerprint density at radius 2 is 1.87 bits per heavy atom. The van der Waals surface area contributed by atoms with Crippen molar-refractivity contribution in [1.29, 1.82) is 0 Å². The fourth-order valence-electron chi connectivity index (χ4n) is 1.66. The van der Waals surface area contributed by atoms with E-state index in [-0.39, 0.29) is 0 Å². The largest absolute Gasteiger partial charge is 0.264 e. The fraction of sp³-hybridized carbons (Fsp3) is 0.154. The number of aromatic nitrogens is 1. The van der Waals surface area contributed by atoms with Crippen LogP contribution in [0.2, 0.25) is 0 Å². The zero-order valence-corrected chi connectivity index (χ0v) is 10.1. The highest BCUT2D eigenvalue weighted by Gasteiger charge is 2.10. The van der Waals surface area contributed by atoms with Gasteiger partial charge in [0.2, 0.25) is 0 Å². The molecule has 0 radical (unpaired) electrons. The lowest BCUT2D eigenvalue weighted by atomic mass is 9.94. The standard InChI is InChI=1S/C13H12BrN/c1-10(11-5-3-2-4-6-11)12-7-8-15-9-13(12)14/h2-10H,1H3. The number of halogens is 1. The lowest BCUT2D eigenvalue weighted by Gasteiger charge is -2.13. The molecular weight excluding hydrogens is 250 g/mol. The van der Waals surface area contributed by atoms with Gasteiger partial charge in [0, 0.05) is 22.8 Å². The van der Waals surface area contributed by atoms with Crippen LogP contribution in [0.25, 0.3) is 0 Å². The summed E-state index contributed by atoms with van der Waals surface area (Å²) in [5.41, 5.74) is 2.60. The predicted molar refractivity (Wildman–Crippen MR) is 65.9 cm³/mol. The Morgan fingerprint density at radius 1 is 1.13 bits per heavy atom. The summed E-state index contributed by atoms with van der Waals surface area (Å²) in [6, 6.07) is 12.5. The van der Waals surface area contributed by atoms with Crippen molar-refractivity contribution in [2.45, 2.75) is 12.8 Å². The van der Waals surface area contributed by atoms with Gasteiger partial charge in [-0.1, -0.05) is 37.3 Å². The SMILES string of the molecule is CC(c1ccccc1)c1ccncc1Br. The van der Waals surface area contributed by atoms with Gasteiger partial charge < -0.3 is 0 Å². The molecule has 15 heavy (non-hydrogen) atoms. The van der Waals surface area contributed by atoms with Crippen LogP contribution >= 0.6 is 15.9 Å². The van der Waals surface area contributed by atoms with Crippen LogP contribution in [0.4, 0.5) is 0 Å². The zero-order valence-electron chi connectivity index (χ0n) is 8.52. The van der Waals surface area contributed by atoms with Gasteiger partial charge in [-0.2, -0.15) is 0 Å². The molecule has 0 aliphatic rings. The minimum atomic E-state index is 0.392. The summed E-state index contributed by atoms with van der Waals surface area (Å²) >= 11 is 3.53. The van der Waals surface area contributed by atoms with Crippen molar-refractivity contribution in [1.82, 2.24) is 4.98 Å². The maximum atomic E-state index is 4.07. The molecule has 2 aromatic rings. The Labute approximate surface area is 98.3 Å². The zero-order chi connectivity index (χ0) is 10.7. The molecule has 76 valence electrons. The summed E-state index contributed by atoms with van der Waals surface area (Å²) in [6.07, 6.45) is 3.67. The smallest absolute Gasteiger partial charge is 0.0413 e. The molecule has 0 aliphatic carbocycles. The molecule has 1 aromatic carbocycles. The van der Waals surface area contributed by atoms with Crippen molar-refractivity contribution < 1.29 is 0 Å². The average Bonchev–Trinajstić information content (AvgIpc) is 2.30. The number of benzene rings is 1. The maximum Gasteiger partial charge on any atom is 0.0413 e. The Kier molecular flexibility index (Phi) is 3.17. The van der Waals surface area contributed by atoms with Gasteiger partial charge in [0.25, 0.3) is 0 Å². The second-order valence-corrected chi connectivity index (χ2v) is 4.38. The number of nitrogens with zero attached hydrogens (tertiary/aromatic N) is 1. The molecule has 0 aliphatic heterocycles. The van der Waals surface area contributed by atoms with E-state index in [0.717, 1.165) is 4.47 Å². The molecule has 0 spiro atoms. The Morgan fingerprint density at radius 3 is 2.53 bits per heavy atom. The van der Waals surface area contributed by atoms with Crippen LogP contribution in [-0.4, -0.2) is 4.98 Å². The van der Waals surface area contributed by atoms with E-state index in [2.05, 4.69) is 58.2 Å². The monoisotopic (exact) mass is 261 g/mol. The fourth-order valence-corrected chi connectivity index (χ4v) is 2.25. The molecule has 0 saturated heterocycles. The van der Waals surface area contributed by atoms with Crippen LogP contribution in [0.3, 0.4) is 0 Å². The molecule has 0 fully saturated rings. The van der Waals surface area contributed by atoms with Gasteiger partial charge in [0.15, 0.2) is 0 Å². The minimum Gasteiger partial charge on any atom is -0.264 e. The third-order valence-electron chi connectivity index (χ3n) is 2.57. The second-order valence-electron chi connectivity index (χ2n) is 3.53. The average molecular weight is 262 g/mol. The van der Waals surface area contributed by atoms with E-state index < -0.39 is 0 Å². The van der Waals surface area contributed by atoms with E-state index in [1.165, 1.54) is 11.1 Å². The molecule has 1 nitrogen and oxygen atoms in total. The van der Waals surface area contributed by atoms with E-state index in [1.54, 1.807) is 0 Å². The van der Waals surface area contributed by atoms with Gasteiger partial charge in [0.1, 0.15) is 0 Å². The van der Waals surface area contributed by atoms with E-state index >= 15 is 0 Å². The van der Waals surface area contributed by atoms with Crippen LogP contribution in [0.5, 0.6) is 0 Å². The van der Waals surface area contributed by atoms with Crippen molar-refractivity contribution in [3.05, 3.63) is 64.4 Å². The molecule has 1 atom stereocenters. The maximum absolute atomic E-state index is 4.07. The Hall–Kier alpha value is -1.15. The third-order valence-corrected chi connectivity index (χ3v) is 3.23.